The van der Waals surface area contributed by atoms with E-state index >= 15 is 0 Å². The van der Waals surface area contributed by atoms with Crippen molar-refractivity contribution < 1.29 is 0 Å². The summed E-state index contributed by atoms with van der Waals surface area (Å²) in [5.74, 6) is 0. The second-order valence-electron chi connectivity index (χ2n) is 5.37. The standard InChI is InChI=1S/C17H22N2/c1-2-3-4-5-9-14-17-12-8-13-19(17)16-11-7-6-10-15(16)18-14/h6-8,10-14,18H,2-5,9H2,1H3. The van der Waals surface area contributed by atoms with Crippen molar-refractivity contribution in [1.82, 2.24) is 4.57 Å². The highest BCUT2D eigenvalue weighted by atomic mass is 15.1. The van der Waals surface area contributed by atoms with E-state index < -0.39 is 0 Å². The summed E-state index contributed by atoms with van der Waals surface area (Å²) in [6.07, 6.45) is 8.70. The molecule has 0 radical (unpaired) electrons. The molecule has 0 bridgehead atoms. The highest BCUT2D eigenvalue weighted by Crippen LogP contribution is 2.35. The number of para-hydroxylation sites is 2. The van der Waals surface area contributed by atoms with Crippen LogP contribution in [0, 0.1) is 0 Å². The third-order valence-electron chi connectivity index (χ3n) is 3.98. The van der Waals surface area contributed by atoms with E-state index in [0.29, 0.717) is 6.04 Å². The summed E-state index contributed by atoms with van der Waals surface area (Å²) >= 11 is 0. The van der Waals surface area contributed by atoms with Crippen LogP contribution in [0.3, 0.4) is 0 Å². The molecule has 2 nitrogen and oxygen atoms in total. The van der Waals surface area contributed by atoms with Crippen LogP contribution in [0.25, 0.3) is 5.69 Å². The molecule has 0 aliphatic carbocycles. The van der Waals surface area contributed by atoms with Gasteiger partial charge in [0.25, 0.3) is 0 Å². The minimum Gasteiger partial charge on any atom is -0.375 e. The maximum Gasteiger partial charge on any atom is 0.0686 e. The van der Waals surface area contributed by atoms with Gasteiger partial charge in [-0.2, -0.15) is 0 Å². The zero-order valence-electron chi connectivity index (χ0n) is 11.6. The number of benzene rings is 1. The number of rotatable bonds is 5. The number of nitrogens with one attached hydrogen (secondary N) is 1. The molecule has 1 aliphatic rings. The molecule has 3 rings (SSSR count). The minimum atomic E-state index is 0.460. The van der Waals surface area contributed by atoms with Crippen LogP contribution in [0.1, 0.15) is 50.8 Å². The average Bonchev–Trinajstić information content (AvgIpc) is 2.93. The van der Waals surface area contributed by atoms with E-state index in [4.69, 9.17) is 0 Å². The molecule has 1 unspecified atom stereocenters. The molecule has 0 spiro atoms. The Balaban J connectivity index is 1.79. The number of fused-ring (bicyclic) bond motifs is 3. The lowest BCUT2D eigenvalue weighted by molar-refractivity contribution is 0.568. The quantitative estimate of drug-likeness (QED) is 0.750. The van der Waals surface area contributed by atoms with Gasteiger partial charge < -0.3 is 9.88 Å². The third kappa shape index (κ3) is 2.40. The molecule has 1 aromatic carbocycles. The van der Waals surface area contributed by atoms with Gasteiger partial charge in [0.2, 0.25) is 0 Å². The molecule has 1 aliphatic heterocycles. The largest absolute Gasteiger partial charge is 0.375 e. The van der Waals surface area contributed by atoms with Gasteiger partial charge in [0.1, 0.15) is 0 Å². The van der Waals surface area contributed by atoms with Gasteiger partial charge in [0.15, 0.2) is 0 Å². The minimum absolute atomic E-state index is 0.460. The summed E-state index contributed by atoms with van der Waals surface area (Å²) in [7, 11) is 0. The van der Waals surface area contributed by atoms with Crippen LogP contribution in [0.5, 0.6) is 0 Å². The number of aromatic nitrogens is 1. The van der Waals surface area contributed by atoms with Gasteiger partial charge in [-0.1, -0.05) is 44.7 Å². The first-order valence-electron chi connectivity index (χ1n) is 7.43. The van der Waals surface area contributed by atoms with Crippen LogP contribution in [-0.4, -0.2) is 4.57 Å². The zero-order valence-corrected chi connectivity index (χ0v) is 11.6. The Morgan fingerprint density at radius 3 is 2.84 bits per heavy atom. The Kier molecular flexibility index (Phi) is 3.58. The van der Waals surface area contributed by atoms with Gasteiger partial charge in [-0.3, -0.25) is 0 Å². The van der Waals surface area contributed by atoms with Gasteiger partial charge in [-0.05, 0) is 30.7 Å². The predicted octanol–water partition coefficient (Wildman–Crippen LogP) is 4.91. The monoisotopic (exact) mass is 254 g/mol. The summed E-state index contributed by atoms with van der Waals surface area (Å²) in [6, 6.07) is 13.4. The first kappa shape index (κ1) is 12.3. The number of unbranched alkanes of at least 4 members (excludes halogenated alkanes) is 3. The van der Waals surface area contributed by atoms with Crippen molar-refractivity contribution in [1.29, 1.82) is 0 Å². The van der Waals surface area contributed by atoms with Gasteiger partial charge in [-0.15, -0.1) is 0 Å². The number of anilines is 1. The van der Waals surface area contributed by atoms with E-state index in [0.717, 1.165) is 0 Å². The SMILES string of the molecule is CCCCCCC1Nc2ccccc2-n2cccc21. The van der Waals surface area contributed by atoms with E-state index in [1.807, 2.05) is 0 Å². The van der Waals surface area contributed by atoms with Gasteiger partial charge in [-0.25, -0.2) is 0 Å². The summed E-state index contributed by atoms with van der Waals surface area (Å²) in [5.41, 5.74) is 3.93. The molecular weight excluding hydrogens is 232 g/mol. The highest BCUT2D eigenvalue weighted by Gasteiger charge is 2.22. The summed E-state index contributed by atoms with van der Waals surface area (Å²) in [4.78, 5) is 0. The molecule has 19 heavy (non-hydrogen) atoms. The fourth-order valence-corrected chi connectivity index (χ4v) is 2.96. The van der Waals surface area contributed by atoms with Gasteiger partial charge >= 0.3 is 0 Å². The molecule has 1 aromatic heterocycles. The van der Waals surface area contributed by atoms with Gasteiger partial charge in [0.05, 0.1) is 17.4 Å². The number of hydrogen-bond donors (Lipinski definition) is 1. The van der Waals surface area contributed by atoms with Crippen LogP contribution in [-0.2, 0) is 0 Å². The fraction of sp³-hybridized carbons (Fsp3) is 0.412. The maximum atomic E-state index is 3.70. The first-order chi connectivity index (χ1) is 9.40. The highest BCUT2D eigenvalue weighted by molar-refractivity contribution is 5.65. The molecule has 2 aromatic rings. The molecule has 1 atom stereocenters. The van der Waals surface area contributed by atoms with Crippen molar-refractivity contribution in [3.63, 3.8) is 0 Å². The van der Waals surface area contributed by atoms with Crippen LogP contribution in [0.4, 0.5) is 5.69 Å². The molecule has 2 heterocycles. The smallest absolute Gasteiger partial charge is 0.0686 e. The zero-order chi connectivity index (χ0) is 13.1. The summed E-state index contributed by atoms with van der Waals surface area (Å²) in [6.45, 7) is 2.26. The Morgan fingerprint density at radius 2 is 1.95 bits per heavy atom. The third-order valence-corrected chi connectivity index (χ3v) is 3.98. The molecule has 0 amide bonds. The van der Waals surface area contributed by atoms with Crippen LogP contribution in [0.2, 0.25) is 0 Å². The molecule has 0 fully saturated rings. The Hall–Kier alpha value is -1.70. The average molecular weight is 254 g/mol. The molecule has 100 valence electrons. The molecule has 0 saturated heterocycles. The lowest BCUT2D eigenvalue weighted by atomic mass is 10.0. The van der Waals surface area contributed by atoms with Crippen molar-refractivity contribution in [2.75, 3.05) is 5.32 Å². The molecule has 1 N–H and O–H groups in total. The van der Waals surface area contributed by atoms with E-state index in [1.54, 1.807) is 0 Å². The lowest BCUT2D eigenvalue weighted by Crippen LogP contribution is -2.20. The van der Waals surface area contributed by atoms with Crippen LogP contribution >= 0.6 is 0 Å². The topological polar surface area (TPSA) is 17.0 Å². The second kappa shape index (κ2) is 5.52. The normalized spacial score (nSPS) is 16.6. The van der Waals surface area contributed by atoms with Crippen molar-refractivity contribution in [3.05, 3.63) is 48.3 Å². The summed E-state index contributed by atoms with van der Waals surface area (Å²) < 4.78 is 2.33. The number of hydrogen-bond acceptors (Lipinski definition) is 1. The predicted molar refractivity (Wildman–Crippen MR) is 80.9 cm³/mol. The maximum absolute atomic E-state index is 3.70. The van der Waals surface area contributed by atoms with E-state index in [-0.39, 0.29) is 0 Å². The van der Waals surface area contributed by atoms with E-state index in [2.05, 4.69) is 59.4 Å². The Bertz CT molecular complexity index is 542. The van der Waals surface area contributed by atoms with E-state index in [1.165, 1.54) is 49.2 Å². The molecule has 2 heteroatoms. The Labute approximate surface area is 115 Å². The van der Waals surface area contributed by atoms with Crippen molar-refractivity contribution in [2.24, 2.45) is 0 Å². The van der Waals surface area contributed by atoms with E-state index in [9.17, 15) is 0 Å². The molecular formula is C17H22N2. The number of nitrogens with zero attached hydrogens (tertiary/aromatic N) is 1. The first-order valence-corrected chi connectivity index (χ1v) is 7.43. The second-order valence-corrected chi connectivity index (χ2v) is 5.37. The van der Waals surface area contributed by atoms with Crippen molar-refractivity contribution in [2.45, 2.75) is 45.1 Å². The summed E-state index contributed by atoms with van der Waals surface area (Å²) in [5, 5.41) is 3.70. The van der Waals surface area contributed by atoms with Gasteiger partial charge in [0, 0.05) is 11.9 Å². The van der Waals surface area contributed by atoms with Crippen molar-refractivity contribution >= 4 is 5.69 Å². The fourth-order valence-electron chi connectivity index (χ4n) is 2.96. The van der Waals surface area contributed by atoms with Crippen molar-refractivity contribution in [3.8, 4) is 5.69 Å². The van der Waals surface area contributed by atoms with Crippen LogP contribution < -0.4 is 5.32 Å². The lowest BCUT2D eigenvalue weighted by Gasteiger charge is -2.29. The molecule has 0 saturated carbocycles. The Morgan fingerprint density at radius 1 is 1.05 bits per heavy atom. The van der Waals surface area contributed by atoms with Crippen LogP contribution in [0.15, 0.2) is 42.6 Å².